The molecule has 2 aliphatic heterocycles. The van der Waals surface area contributed by atoms with Gasteiger partial charge < -0.3 is 14.2 Å². The van der Waals surface area contributed by atoms with Crippen LogP contribution < -0.4 is 0 Å². The molecule has 6 rings (SSSR count). The lowest BCUT2D eigenvalue weighted by molar-refractivity contribution is -0.132. The number of benzene rings is 1. The summed E-state index contributed by atoms with van der Waals surface area (Å²) in [7, 11) is 0. The second kappa shape index (κ2) is 8.31. The minimum absolute atomic E-state index is 0.240. The number of rotatable bonds is 6. The highest BCUT2D eigenvalue weighted by Gasteiger charge is 2.28. The van der Waals surface area contributed by atoms with Crippen LogP contribution in [0.25, 0.3) is 22.4 Å². The van der Waals surface area contributed by atoms with Gasteiger partial charge in [0.05, 0.1) is 31.0 Å². The highest BCUT2D eigenvalue weighted by Crippen LogP contribution is 2.32. The molecule has 0 N–H and O–H groups in total. The molecular formula is C24H29N5O3. The van der Waals surface area contributed by atoms with Crippen LogP contribution in [-0.2, 0) is 9.53 Å². The second-order valence-electron chi connectivity index (χ2n) is 9.50. The fourth-order valence-electron chi connectivity index (χ4n) is 5.00. The lowest BCUT2D eigenvalue weighted by Gasteiger charge is -2.32. The Hall–Kier alpha value is -2.74. The van der Waals surface area contributed by atoms with Crippen molar-refractivity contribution >= 4 is 16.8 Å². The molecular weight excluding hydrogens is 406 g/mol. The van der Waals surface area contributed by atoms with E-state index in [0.717, 1.165) is 60.6 Å². The number of nitrogens with zero attached hydrogens (tertiary/aromatic N) is 5. The number of fused-ring (bicyclic) bond motifs is 1. The molecule has 1 amide bonds. The van der Waals surface area contributed by atoms with E-state index >= 15 is 0 Å². The highest BCUT2D eigenvalue weighted by atomic mass is 16.5. The topological polar surface area (TPSA) is 86.3 Å². The first kappa shape index (κ1) is 19.9. The second-order valence-corrected chi connectivity index (χ2v) is 9.50. The molecule has 4 heterocycles. The van der Waals surface area contributed by atoms with Crippen LogP contribution in [0, 0.1) is 5.92 Å². The number of likely N-dealkylation sites (tertiary alicyclic amines) is 1. The Balaban J connectivity index is 1.10. The summed E-state index contributed by atoms with van der Waals surface area (Å²) in [6, 6.07) is 6.42. The Morgan fingerprint density at radius 1 is 1.12 bits per heavy atom. The van der Waals surface area contributed by atoms with Gasteiger partial charge in [0.1, 0.15) is 0 Å². The zero-order chi connectivity index (χ0) is 21.5. The molecule has 1 aromatic carbocycles. The van der Waals surface area contributed by atoms with Gasteiger partial charge in [-0.2, -0.15) is 10.1 Å². The summed E-state index contributed by atoms with van der Waals surface area (Å²) >= 11 is 0. The van der Waals surface area contributed by atoms with E-state index in [-0.39, 0.29) is 5.92 Å². The Morgan fingerprint density at radius 2 is 1.97 bits per heavy atom. The lowest BCUT2D eigenvalue weighted by Crippen LogP contribution is -2.38. The normalized spacial score (nSPS) is 20.4. The van der Waals surface area contributed by atoms with E-state index in [4.69, 9.17) is 14.2 Å². The number of hydrogen-bond donors (Lipinski definition) is 0. The van der Waals surface area contributed by atoms with Gasteiger partial charge in [0.15, 0.2) is 5.82 Å². The summed E-state index contributed by atoms with van der Waals surface area (Å²) in [6.07, 6.45) is 9.38. The molecule has 0 spiro atoms. The predicted molar refractivity (Wildman–Crippen MR) is 118 cm³/mol. The largest absolute Gasteiger partial charge is 0.377 e. The zero-order valence-electron chi connectivity index (χ0n) is 18.3. The summed E-state index contributed by atoms with van der Waals surface area (Å²) in [6.45, 7) is 2.97. The predicted octanol–water partition coefficient (Wildman–Crippen LogP) is 3.94. The van der Waals surface area contributed by atoms with Crippen molar-refractivity contribution in [1.29, 1.82) is 0 Å². The third kappa shape index (κ3) is 3.70. The molecule has 1 aliphatic carbocycles. The van der Waals surface area contributed by atoms with E-state index in [1.165, 1.54) is 19.3 Å². The van der Waals surface area contributed by atoms with E-state index < -0.39 is 0 Å². The quantitative estimate of drug-likeness (QED) is 0.583. The molecule has 168 valence electrons. The van der Waals surface area contributed by atoms with Gasteiger partial charge >= 0.3 is 0 Å². The number of ether oxygens (including phenoxy) is 1. The van der Waals surface area contributed by atoms with Gasteiger partial charge in [0.2, 0.25) is 5.91 Å². The Kier molecular flexibility index (Phi) is 5.17. The summed E-state index contributed by atoms with van der Waals surface area (Å²) in [5, 5.41) is 9.90. The van der Waals surface area contributed by atoms with Gasteiger partial charge in [0.25, 0.3) is 5.89 Å². The van der Waals surface area contributed by atoms with Gasteiger partial charge in [-0.15, -0.1) is 0 Å². The number of carbonyl (C=O) groups excluding carboxylic acids is 1. The van der Waals surface area contributed by atoms with Gasteiger partial charge in [-0.3, -0.25) is 9.48 Å². The highest BCUT2D eigenvalue weighted by molar-refractivity contribution is 5.83. The molecule has 2 saturated heterocycles. The van der Waals surface area contributed by atoms with Crippen molar-refractivity contribution < 1.29 is 14.1 Å². The van der Waals surface area contributed by atoms with Gasteiger partial charge in [-0.05, 0) is 37.3 Å². The van der Waals surface area contributed by atoms with Gasteiger partial charge in [-0.25, -0.2) is 0 Å². The molecule has 32 heavy (non-hydrogen) atoms. The molecule has 8 heteroatoms. The average Bonchev–Trinajstić information content (AvgIpc) is 3.39. The molecule has 0 bridgehead atoms. The van der Waals surface area contributed by atoms with Gasteiger partial charge in [0, 0.05) is 36.4 Å². The van der Waals surface area contributed by atoms with E-state index in [2.05, 4.69) is 16.3 Å². The number of amides is 1. The average molecular weight is 436 g/mol. The van der Waals surface area contributed by atoms with Crippen molar-refractivity contribution in [2.45, 2.75) is 56.9 Å². The van der Waals surface area contributed by atoms with Gasteiger partial charge in [-0.1, -0.05) is 30.5 Å². The van der Waals surface area contributed by atoms with Crippen LogP contribution in [0.3, 0.4) is 0 Å². The van der Waals surface area contributed by atoms with E-state index in [9.17, 15) is 4.79 Å². The van der Waals surface area contributed by atoms with E-state index in [0.29, 0.717) is 37.5 Å². The monoisotopic (exact) mass is 435 g/mol. The minimum atomic E-state index is 0.240. The van der Waals surface area contributed by atoms with Crippen LogP contribution in [0.5, 0.6) is 0 Å². The fourth-order valence-corrected chi connectivity index (χ4v) is 5.00. The van der Waals surface area contributed by atoms with Crippen LogP contribution in [0.1, 0.15) is 62.7 Å². The van der Waals surface area contributed by atoms with Crippen LogP contribution in [0.4, 0.5) is 0 Å². The molecule has 8 nitrogen and oxygen atoms in total. The number of carbonyl (C=O) groups is 1. The maximum atomic E-state index is 12.5. The van der Waals surface area contributed by atoms with Crippen LogP contribution in [-0.4, -0.2) is 57.0 Å². The minimum Gasteiger partial charge on any atom is -0.377 e. The van der Waals surface area contributed by atoms with Crippen molar-refractivity contribution in [3.05, 3.63) is 30.2 Å². The van der Waals surface area contributed by atoms with Crippen molar-refractivity contribution in [3.8, 4) is 11.5 Å². The van der Waals surface area contributed by atoms with Crippen LogP contribution in [0.15, 0.2) is 28.9 Å². The zero-order valence-corrected chi connectivity index (χ0v) is 18.3. The summed E-state index contributed by atoms with van der Waals surface area (Å²) in [4.78, 5) is 19.3. The standard InChI is InChI=1S/C24H29N5O3/c30-22(7-4-16-2-1-3-16)28-10-8-17(9-11-28)23-26-24(32-27-23)18-5-6-19-13-25-29(21(19)12-18)20-14-31-15-20/h5-6,12-13,16-17,20H,1-4,7-11,14-15H2. The Morgan fingerprint density at radius 3 is 2.69 bits per heavy atom. The molecule has 0 radical (unpaired) electrons. The molecule has 2 aromatic heterocycles. The Labute approximate surface area is 186 Å². The van der Waals surface area contributed by atoms with Crippen molar-refractivity contribution in [1.82, 2.24) is 24.8 Å². The number of aromatic nitrogens is 4. The molecule has 0 unspecified atom stereocenters. The molecule has 0 atom stereocenters. The maximum Gasteiger partial charge on any atom is 0.258 e. The van der Waals surface area contributed by atoms with E-state index in [1.807, 2.05) is 27.9 Å². The maximum absolute atomic E-state index is 12.5. The molecule has 1 saturated carbocycles. The number of hydrogen-bond acceptors (Lipinski definition) is 6. The molecule has 3 aromatic rings. The summed E-state index contributed by atoms with van der Waals surface area (Å²) in [5.41, 5.74) is 1.96. The molecule has 3 fully saturated rings. The Bertz CT molecular complexity index is 1110. The third-order valence-corrected chi connectivity index (χ3v) is 7.46. The first-order valence-electron chi connectivity index (χ1n) is 11.9. The van der Waals surface area contributed by atoms with Crippen molar-refractivity contribution in [2.75, 3.05) is 26.3 Å². The van der Waals surface area contributed by atoms with E-state index in [1.54, 1.807) is 0 Å². The lowest BCUT2D eigenvalue weighted by atomic mass is 9.82. The smallest absolute Gasteiger partial charge is 0.258 e. The first-order valence-corrected chi connectivity index (χ1v) is 11.9. The van der Waals surface area contributed by atoms with Crippen LogP contribution >= 0.6 is 0 Å². The number of piperidine rings is 1. The van der Waals surface area contributed by atoms with Crippen molar-refractivity contribution in [3.63, 3.8) is 0 Å². The van der Waals surface area contributed by atoms with Crippen LogP contribution in [0.2, 0.25) is 0 Å². The SMILES string of the molecule is O=C(CCC1CCC1)N1CCC(c2noc(-c3ccc4cnn(C5COC5)c4c3)n2)CC1. The molecule has 3 aliphatic rings. The third-order valence-electron chi connectivity index (χ3n) is 7.46. The summed E-state index contributed by atoms with van der Waals surface area (Å²) in [5.74, 6) is 2.63. The fraction of sp³-hybridized carbons (Fsp3) is 0.583. The summed E-state index contributed by atoms with van der Waals surface area (Å²) < 4.78 is 13.0. The van der Waals surface area contributed by atoms with Crippen molar-refractivity contribution in [2.24, 2.45) is 5.92 Å². The first-order chi connectivity index (χ1) is 15.7.